The molecule has 1 aromatic rings. The minimum absolute atomic E-state index is 0. The lowest BCUT2D eigenvalue weighted by molar-refractivity contribution is 0.0420. The van der Waals surface area contributed by atoms with Crippen molar-refractivity contribution in [3.05, 3.63) is 29.8 Å². The average molecular weight is 505 g/mol. The first-order valence-electron chi connectivity index (χ1n) is 9.87. The molecule has 1 fully saturated rings. The number of hydrogen-bond acceptors (Lipinski definition) is 4. The molecule has 0 aliphatic carbocycles. The van der Waals surface area contributed by atoms with Gasteiger partial charge < -0.3 is 24.8 Å². The number of halogens is 1. The fourth-order valence-corrected chi connectivity index (χ4v) is 2.94. The van der Waals surface area contributed by atoms with Gasteiger partial charge in [0.1, 0.15) is 12.4 Å². The summed E-state index contributed by atoms with van der Waals surface area (Å²) >= 11 is 0. The van der Waals surface area contributed by atoms with Crippen LogP contribution >= 0.6 is 24.0 Å². The highest BCUT2D eigenvalue weighted by atomic mass is 127. The third-order valence-electron chi connectivity index (χ3n) is 4.43. The summed E-state index contributed by atoms with van der Waals surface area (Å²) in [7, 11) is 1.78. The molecule has 1 aliphatic heterocycles. The van der Waals surface area contributed by atoms with Crippen LogP contribution in [0.1, 0.15) is 39.2 Å². The normalized spacial score (nSPS) is 17.1. The van der Waals surface area contributed by atoms with Gasteiger partial charge in [0.15, 0.2) is 5.96 Å². The predicted octanol–water partition coefficient (Wildman–Crippen LogP) is 3.34. The lowest BCUT2D eigenvalue weighted by Crippen LogP contribution is -2.40. The third kappa shape index (κ3) is 8.96. The summed E-state index contributed by atoms with van der Waals surface area (Å²) in [5.41, 5.74) is 1.29. The molecular weight excluding hydrogens is 469 g/mol. The molecule has 0 spiro atoms. The molecule has 28 heavy (non-hydrogen) atoms. The number of hydrogen-bond donors (Lipinski definition) is 2. The van der Waals surface area contributed by atoms with E-state index in [-0.39, 0.29) is 35.5 Å². The van der Waals surface area contributed by atoms with Crippen LogP contribution < -0.4 is 15.4 Å². The van der Waals surface area contributed by atoms with Gasteiger partial charge in [0.2, 0.25) is 0 Å². The van der Waals surface area contributed by atoms with Gasteiger partial charge in [-0.25, -0.2) is 0 Å². The molecule has 0 bridgehead atoms. The zero-order valence-corrected chi connectivity index (χ0v) is 20.0. The van der Waals surface area contributed by atoms with Crippen LogP contribution in [0.2, 0.25) is 0 Å². The quantitative estimate of drug-likeness (QED) is 0.233. The molecule has 1 heterocycles. The fourth-order valence-electron chi connectivity index (χ4n) is 2.94. The maximum atomic E-state index is 5.98. The summed E-state index contributed by atoms with van der Waals surface area (Å²) in [6.45, 7) is 11.0. The molecule has 1 aliphatic rings. The van der Waals surface area contributed by atoms with E-state index in [1.54, 1.807) is 7.05 Å². The van der Waals surface area contributed by atoms with Gasteiger partial charge in [-0.1, -0.05) is 39.0 Å². The second-order valence-electron chi connectivity index (χ2n) is 7.73. The molecule has 1 unspecified atom stereocenters. The number of aliphatic imine (C=N–C) groups is 1. The minimum Gasteiger partial charge on any atom is -0.491 e. The van der Waals surface area contributed by atoms with E-state index in [0.717, 1.165) is 50.9 Å². The zero-order chi connectivity index (χ0) is 19.5. The lowest BCUT2D eigenvalue weighted by Gasteiger charge is -2.22. The Kier molecular flexibility index (Phi) is 11.8. The smallest absolute Gasteiger partial charge is 0.191 e. The molecule has 6 nitrogen and oxygen atoms in total. The van der Waals surface area contributed by atoms with Crippen LogP contribution in [0.4, 0.5) is 0 Å². The SMILES string of the molecule is CN=C(NCCCOC1CCOC1)NCCOc1ccccc1C(C)(C)C.I. The van der Waals surface area contributed by atoms with Crippen LogP contribution in [0.15, 0.2) is 29.3 Å². The molecule has 2 rings (SSSR count). The maximum absolute atomic E-state index is 5.98. The molecule has 2 N–H and O–H groups in total. The van der Waals surface area contributed by atoms with Crippen LogP contribution in [-0.2, 0) is 14.9 Å². The van der Waals surface area contributed by atoms with Gasteiger partial charge >= 0.3 is 0 Å². The second kappa shape index (κ2) is 13.2. The number of guanidine groups is 1. The highest BCUT2D eigenvalue weighted by molar-refractivity contribution is 14.0. The Morgan fingerprint density at radius 3 is 2.61 bits per heavy atom. The van der Waals surface area contributed by atoms with Crippen LogP contribution in [0.3, 0.4) is 0 Å². The number of nitrogens with one attached hydrogen (secondary N) is 2. The van der Waals surface area contributed by atoms with Crippen molar-refractivity contribution < 1.29 is 14.2 Å². The van der Waals surface area contributed by atoms with Crippen LogP contribution in [0.25, 0.3) is 0 Å². The first-order valence-corrected chi connectivity index (χ1v) is 9.87. The molecule has 0 saturated carbocycles. The zero-order valence-electron chi connectivity index (χ0n) is 17.6. The number of ether oxygens (including phenoxy) is 3. The minimum atomic E-state index is 0. The van der Waals surface area contributed by atoms with E-state index in [9.17, 15) is 0 Å². The number of rotatable bonds is 9. The summed E-state index contributed by atoms with van der Waals surface area (Å²) in [6, 6.07) is 8.23. The molecule has 0 amide bonds. The first kappa shape index (κ1) is 25.0. The van der Waals surface area contributed by atoms with Crippen molar-refractivity contribution in [3.63, 3.8) is 0 Å². The van der Waals surface area contributed by atoms with Crippen molar-refractivity contribution >= 4 is 29.9 Å². The van der Waals surface area contributed by atoms with Crippen molar-refractivity contribution in [1.82, 2.24) is 10.6 Å². The summed E-state index contributed by atoms with van der Waals surface area (Å²) in [6.07, 6.45) is 2.22. The molecule has 160 valence electrons. The van der Waals surface area contributed by atoms with E-state index in [2.05, 4.69) is 48.5 Å². The highest BCUT2D eigenvalue weighted by Crippen LogP contribution is 2.30. The Balaban J connectivity index is 0.00000392. The van der Waals surface area contributed by atoms with Crippen molar-refractivity contribution in [2.24, 2.45) is 4.99 Å². The van der Waals surface area contributed by atoms with E-state index >= 15 is 0 Å². The Morgan fingerprint density at radius 1 is 1.18 bits per heavy atom. The van der Waals surface area contributed by atoms with Crippen LogP contribution in [0.5, 0.6) is 5.75 Å². The van der Waals surface area contributed by atoms with Gasteiger partial charge in [0.05, 0.1) is 19.3 Å². The lowest BCUT2D eigenvalue weighted by atomic mass is 9.86. The molecular formula is C21H36IN3O3. The Morgan fingerprint density at radius 2 is 1.93 bits per heavy atom. The summed E-state index contributed by atoms with van der Waals surface area (Å²) in [5, 5.41) is 6.58. The molecule has 1 aromatic carbocycles. The monoisotopic (exact) mass is 505 g/mol. The largest absolute Gasteiger partial charge is 0.491 e. The second-order valence-corrected chi connectivity index (χ2v) is 7.73. The van der Waals surface area contributed by atoms with E-state index in [1.165, 1.54) is 5.56 Å². The van der Waals surface area contributed by atoms with Gasteiger partial charge in [0, 0.05) is 26.8 Å². The van der Waals surface area contributed by atoms with Crippen molar-refractivity contribution in [2.75, 3.05) is 46.6 Å². The van der Waals surface area contributed by atoms with Gasteiger partial charge in [-0.15, -0.1) is 24.0 Å². The van der Waals surface area contributed by atoms with Gasteiger partial charge in [-0.05, 0) is 29.9 Å². The Hall–Kier alpha value is -1.06. The van der Waals surface area contributed by atoms with Crippen LogP contribution in [0, 0.1) is 0 Å². The maximum Gasteiger partial charge on any atom is 0.191 e. The Labute approximate surface area is 186 Å². The fraction of sp³-hybridized carbons (Fsp3) is 0.667. The van der Waals surface area contributed by atoms with E-state index < -0.39 is 0 Å². The summed E-state index contributed by atoms with van der Waals surface area (Å²) in [4.78, 5) is 4.24. The van der Waals surface area contributed by atoms with E-state index in [4.69, 9.17) is 14.2 Å². The first-order chi connectivity index (χ1) is 13.0. The summed E-state index contributed by atoms with van der Waals surface area (Å²) in [5.74, 6) is 1.73. The van der Waals surface area contributed by atoms with Crippen molar-refractivity contribution in [2.45, 2.75) is 45.1 Å². The number of nitrogens with zero attached hydrogens (tertiary/aromatic N) is 1. The third-order valence-corrected chi connectivity index (χ3v) is 4.43. The molecule has 1 saturated heterocycles. The molecule has 1 atom stereocenters. The van der Waals surface area contributed by atoms with Gasteiger partial charge in [0.25, 0.3) is 0 Å². The average Bonchev–Trinajstić information content (AvgIpc) is 3.16. The topological polar surface area (TPSA) is 64.1 Å². The molecule has 0 radical (unpaired) electrons. The van der Waals surface area contributed by atoms with E-state index in [1.807, 2.05) is 12.1 Å². The highest BCUT2D eigenvalue weighted by Gasteiger charge is 2.18. The van der Waals surface area contributed by atoms with Gasteiger partial charge in [-0.3, -0.25) is 4.99 Å². The number of benzene rings is 1. The van der Waals surface area contributed by atoms with E-state index in [0.29, 0.717) is 13.2 Å². The van der Waals surface area contributed by atoms with Crippen molar-refractivity contribution in [3.8, 4) is 5.75 Å². The van der Waals surface area contributed by atoms with Gasteiger partial charge in [-0.2, -0.15) is 0 Å². The predicted molar refractivity (Wildman–Crippen MR) is 125 cm³/mol. The van der Waals surface area contributed by atoms with Crippen LogP contribution in [-0.4, -0.2) is 58.6 Å². The van der Waals surface area contributed by atoms with Crippen molar-refractivity contribution in [1.29, 1.82) is 0 Å². The Bertz CT molecular complexity index is 585. The standard InChI is InChI=1S/C21H35N3O3.HI/c1-21(2,3)18-8-5-6-9-19(18)27-15-12-24-20(22-4)23-11-7-13-26-17-10-14-25-16-17;/h5-6,8-9,17H,7,10-16H2,1-4H3,(H2,22,23,24);1H. The molecule has 0 aromatic heterocycles. The number of para-hydroxylation sites is 1. The molecule has 7 heteroatoms. The summed E-state index contributed by atoms with van der Waals surface area (Å²) < 4.78 is 17.0.